The average Bonchev–Trinajstić information content (AvgIpc) is 2.58. The number of rotatable bonds is 5. The van der Waals surface area contributed by atoms with Crippen molar-refractivity contribution in [1.29, 1.82) is 0 Å². The Bertz CT molecular complexity index is 567. The average molecular weight is 395 g/mol. The van der Waals surface area contributed by atoms with Gasteiger partial charge in [0.1, 0.15) is 0 Å². The van der Waals surface area contributed by atoms with Crippen LogP contribution in [0.5, 0.6) is 0 Å². The van der Waals surface area contributed by atoms with Crippen molar-refractivity contribution in [3.05, 3.63) is 0 Å². The summed E-state index contributed by atoms with van der Waals surface area (Å²) < 4.78 is 49.3. The minimum atomic E-state index is -4.45. The van der Waals surface area contributed by atoms with Gasteiger partial charge in [-0.05, 0) is 43.9 Å². The topological polar surface area (TPSA) is 65.0 Å². The molecule has 2 rings (SSSR count). The third kappa shape index (κ3) is 5.52. The van der Waals surface area contributed by atoms with Crippen molar-refractivity contribution in [2.45, 2.75) is 45.8 Å². The number of hydrogen-bond donors (Lipinski definition) is 1. The number of piperidine rings is 2. The van der Waals surface area contributed by atoms with Gasteiger partial charge in [-0.2, -0.15) is 13.1 Å². The highest BCUT2D eigenvalue weighted by Crippen LogP contribution is 2.24. The van der Waals surface area contributed by atoms with Crippen molar-refractivity contribution in [2.75, 3.05) is 39.3 Å². The lowest BCUT2D eigenvalue weighted by Gasteiger charge is -2.37. The minimum Gasteiger partial charge on any atom is -0.357 e. The van der Waals surface area contributed by atoms with Crippen LogP contribution in [-0.2, 0) is 10.0 Å². The lowest BCUT2D eigenvalue weighted by Crippen LogP contribution is -2.48. The zero-order valence-corrected chi connectivity index (χ0v) is 16.8. The van der Waals surface area contributed by atoms with Crippen LogP contribution < -0.4 is 5.32 Å². The number of alkyl halides is 2. The summed E-state index contributed by atoms with van der Waals surface area (Å²) in [5.74, 6) is -0.933. The van der Waals surface area contributed by atoms with E-state index in [-0.39, 0.29) is 19.0 Å². The maximum atomic E-state index is 12.6. The highest BCUT2D eigenvalue weighted by molar-refractivity contribution is 7.89. The summed E-state index contributed by atoms with van der Waals surface area (Å²) >= 11 is 0. The fourth-order valence-corrected chi connectivity index (χ4v) is 4.88. The third-order valence-corrected chi connectivity index (χ3v) is 6.70. The number of nitrogens with zero attached hydrogens (tertiary/aromatic N) is 3. The molecule has 1 N–H and O–H groups in total. The molecule has 0 amide bonds. The first-order chi connectivity index (χ1) is 12.2. The Kier molecular flexibility index (Phi) is 7.63. The van der Waals surface area contributed by atoms with Gasteiger partial charge in [-0.3, -0.25) is 4.99 Å². The van der Waals surface area contributed by atoms with E-state index >= 15 is 0 Å². The SMILES string of the molecule is CCNC(=NCC1CCN(S(=O)(=O)C(F)F)CC1)N1CC(C)CC(C)C1. The molecule has 26 heavy (non-hydrogen) atoms. The van der Waals surface area contributed by atoms with Crippen LogP contribution in [0.15, 0.2) is 4.99 Å². The molecule has 2 aliphatic heterocycles. The first-order valence-corrected chi connectivity index (χ1v) is 11.0. The first-order valence-electron chi connectivity index (χ1n) is 9.54. The van der Waals surface area contributed by atoms with E-state index in [2.05, 4.69) is 24.1 Å². The number of sulfonamides is 1. The molecule has 2 unspecified atom stereocenters. The third-order valence-electron chi connectivity index (χ3n) is 5.16. The monoisotopic (exact) mass is 394 g/mol. The standard InChI is InChI=1S/C17H32F2N4O2S/c1-4-20-17(22-11-13(2)9-14(3)12-22)21-10-15-5-7-23(8-6-15)26(24,25)16(18)19/h13-16H,4-12H2,1-3H3,(H,20,21). The quantitative estimate of drug-likeness (QED) is 0.574. The maximum absolute atomic E-state index is 12.6. The normalized spacial score (nSPS) is 27.2. The van der Waals surface area contributed by atoms with Gasteiger partial charge in [0.2, 0.25) is 0 Å². The van der Waals surface area contributed by atoms with Crippen molar-refractivity contribution in [3.8, 4) is 0 Å². The van der Waals surface area contributed by atoms with E-state index in [1.807, 2.05) is 6.92 Å². The summed E-state index contributed by atoms with van der Waals surface area (Å²) in [4.78, 5) is 7.07. The number of hydrogen-bond acceptors (Lipinski definition) is 3. The predicted molar refractivity (Wildman–Crippen MR) is 99.7 cm³/mol. The van der Waals surface area contributed by atoms with Crippen LogP contribution in [0, 0.1) is 17.8 Å². The molecule has 0 bridgehead atoms. The second kappa shape index (κ2) is 9.30. The van der Waals surface area contributed by atoms with Crippen molar-refractivity contribution < 1.29 is 17.2 Å². The molecular weight excluding hydrogens is 362 g/mol. The van der Waals surface area contributed by atoms with Crippen LogP contribution in [0.4, 0.5) is 8.78 Å². The van der Waals surface area contributed by atoms with Gasteiger partial charge in [-0.1, -0.05) is 13.8 Å². The van der Waals surface area contributed by atoms with Gasteiger partial charge in [-0.25, -0.2) is 8.42 Å². The minimum absolute atomic E-state index is 0.154. The molecule has 2 aliphatic rings. The molecule has 0 aromatic carbocycles. The molecule has 0 spiro atoms. The molecule has 0 saturated carbocycles. The number of likely N-dealkylation sites (tertiary alicyclic amines) is 1. The molecule has 2 heterocycles. The fraction of sp³-hybridized carbons (Fsp3) is 0.941. The first kappa shape index (κ1) is 21.3. The molecule has 0 aromatic rings. The van der Waals surface area contributed by atoms with Crippen molar-refractivity contribution >= 4 is 16.0 Å². The number of aliphatic imine (C=N–C) groups is 1. The Morgan fingerprint density at radius 2 is 1.77 bits per heavy atom. The number of guanidine groups is 1. The largest absolute Gasteiger partial charge is 0.357 e. The molecule has 2 saturated heterocycles. The highest BCUT2D eigenvalue weighted by atomic mass is 32.2. The van der Waals surface area contributed by atoms with Gasteiger partial charge in [0, 0.05) is 39.3 Å². The van der Waals surface area contributed by atoms with E-state index in [4.69, 9.17) is 4.99 Å². The Balaban J connectivity index is 1.92. The Hall–Kier alpha value is -0.960. The second-order valence-corrected chi connectivity index (χ2v) is 9.60. The molecule has 0 aromatic heterocycles. The summed E-state index contributed by atoms with van der Waals surface area (Å²) in [6.45, 7) is 10.2. The van der Waals surface area contributed by atoms with Crippen molar-refractivity contribution in [3.63, 3.8) is 0 Å². The molecule has 6 nitrogen and oxygen atoms in total. The van der Waals surface area contributed by atoms with Gasteiger partial charge in [0.25, 0.3) is 10.0 Å². The summed E-state index contributed by atoms with van der Waals surface area (Å²) in [7, 11) is -4.45. The molecule has 2 atom stereocenters. The Morgan fingerprint density at radius 1 is 1.19 bits per heavy atom. The van der Waals surface area contributed by atoms with Crippen LogP contribution in [0.2, 0.25) is 0 Å². The summed E-state index contributed by atoms with van der Waals surface area (Å²) in [6.07, 6.45) is 2.37. The smallest absolute Gasteiger partial charge is 0.350 e. The summed E-state index contributed by atoms with van der Waals surface area (Å²) in [6, 6.07) is 0. The summed E-state index contributed by atoms with van der Waals surface area (Å²) in [5, 5.41) is 3.35. The number of nitrogens with one attached hydrogen (secondary N) is 1. The summed E-state index contributed by atoms with van der Waals surface area (Å²) in [5.41, 5.74) is 0. The van der Waals surface area contributed by atoms with Crippen LogP contribution in [0.25, 0.3) is 0 Å². The van der Waals surface area contributed by atoms with Gasteiger partial charge in [0.15, 0.2) is 5.96 Å². The molecule has 0 radical (unpaired) electrons. The van der Waals surface area contributed by atoms with Crippen LogP contribution in [-0.4, -0.2) is 68.6 Å². The van der Waals surface area contributed by atoms with E-state index in [1.165, 1.54) is 6.42 Å². The maximum Gasteiger partial charge on any atom is 0.350 e. The molecule has 0 aliphatic carbocycles. The van der Waals surface area contributed by atoms with Crippen molar-refractivity contribution in [1.82, 2.24) is 14.5 Å². The van der Waals surface area contributed by atoms with E-state index in [0.29, 0.717) is 31.2 Å². The second-order valence-electron chi connectivity index (χ2n) is 7.69. The van der Waals surface area contributed by atoms with E-state index in [0.717, 1.165) is 29.9 Å². The molecular formula is C17H32F2N4O2S. The number of halogens is 2. The van der Waals surface area contributed by atoms with Gasteiger partial charge < -0.3 is 10.2 Å². The van der Waals surface area contributed by atoms with Crippen LogP contribution >= 0.6 is 0 Å². The van der Waals surface area contributed by atoms with Gasteiger partial charge in [0.05, 0.1) is 0 Å². The lowest BCUT2D eigenvalue weighted by molar-refractivity contribution is 0.202. The molecule has 152 valence electrons. The van der Waals surface area contributed by atoms with Gasteiger partial charge >= 0.3 is 5.76 Å². The zero-order valence-electron chi connectivity index (χ0n) is 16.0. The zero-order chi connectivity index (χ0) is 19.3. The van der Waals surface area contributed by atoms with Crippen LogP contribution in [0.3, 0.4) is 0 Å². The van der Waals surface area contributed by atoms with E-state index < -0.39 is 15.8 Å². The lowest BCUT2D eigenvalue weighted by atomic mass is 9.92. The Labute approximate surface area is 156 Å². The van der Waals surface area contributed by atoms with E-state index in [1.54, 1.807) is 0 Å². The highest BCUT2D eigenvalue weighted by Gasteiger charge is 2.34. The molecule has 2 fully saturated rings. The molecule has 9 heteroatoms. The predicted octanol–water partition coefficient (Wildman–Crippen LogP) is 2.19. The van der Waals surface area contributed by atoms with Gasteiger partial charge in [-0.15, -0.1) is 0 Å². The fourth-order valence-electron chi connectivity index (χ4n) is 3.94. The van der Waals surface area contributed by atoms with Crippen LogP contribution in [0.1, 0.15) is 40.0 Å². The Morgan fingerprint density at radius 3 is 2.27 bits per heavy atom. The van der Waals surface area contributed by atoms with E-state index in [9.17, 15) is 17.2 Å². The van der Waals surface area contributed by atoms with Crippen molar-refractivity contribution in [2.24, 2.45) is 22.7 Å².